The maximum Gasteiger partial charge on any atom is 0.254 e. The molecule has 1 aromatic carbocycles. The molecule has 2 aliphatic rings. The third-order valence-electron chi connectivity index (χ3n) is 4.44. The second kappa shape index (κ2) is 6.40. The number of hydrogen-bond donors (Lipinski definition) is 3. The first kappa shape index (κ1) is 17.3. The molecule has 2 heterocycles. The maximum absolute atomic E-state index is 13.7. The quantitative estimate of drug-likeness (QED) is 0.685. The van der Waals surface area contributed by atoms with Crippen molar-refractivity contribution in [1.82, 2.24) is 15.5 Å². The highest BCUT2D eigenvalue weighted by molar-refractivity contribution is 5.98. The number of aliphatic hydroxyl groups excluding tert-OH is 1. The molecule has 2 fully saturated rings. The summed E-state index contributed by atoms with van der Waals surface area (Å²) >= 11 is 0. The zero-order chi connectivity index (χ0) is 18.3. The van der Waals surface area contributed by atoms with Gasteiger partial charge in [-0.15, -0.1) is 0 Å². The second-order valence-electron chi connectivity index (χ2n) is 6.26. The van der Waals surface area contributed by atoms with Gasteiger partial charge in [-0.1, -0.05) is 0 Å². The standard InChI is InChI=1S/C16H17F2N3O4/c1-7(22)13-16(25)21-6-9(5-12(21)15(24)20-13)19-14(23)10-4-8(17)2-3-11(10)18/h2-4,7,9,12-13,22H,5-6H2,1H3,(H,19,23)(H,20,24)/t7-,9-,12-,13+/m0/s1. The summed E-state index contributed by atoms with van der Waals surface area (Å²) < 4.78 is 26.9. The monoisotopic (exact) mass is 353 g/mol. The Bertz CT molecular complexity index is 740. The molecule has 0 radical (unpaired) electrons. The molecular weight excluding hydrogens is 336 g/mol. The van der Waals surface area contributed by atoms with Crippen molar-refractivity contribution in [1.29, 1.82) is 0 Å². The molecule has 3 amide bonds. The van der Waals surface area contributed by atoms with Gasteiger partial charge in [-0.3, -0.25) is 14.4 Å². The molecule has 0 bridgehead atoms. The van der Waals surface area contributed by atoms with Gasteiger partial charge in [-0.2, -0.15) is 0 Å². The fourth-order valence-corrected chi connectivity index (χ4v) is 3.18. The lowest BCUT2D eigenvalue weighted by molar-refractivity contribution is -0.149. The number of nitrogens with one attached hydrogen (secondary N) is 2. The number of benzene rings is 1. The van der Waals surface area contributed by atoms with Crippen molar-refractivity contribution in [2.75, 3.05) is 6.54 Å². The minimum atomic E-state index is -1.05. The molecule has 134 valence electrons. The van der Waals surface area contributed by atoms with Crippen LogP contribution in [0.1, 0.15) is 23.7 Å². The molecule has 2 aliphatic heterocycles. The molecule has 0 saturated carbocycles. The Morgan fingerprint density at radius 3 is 2.80 bits per heavy atom. The van der Waals surface area contributed by atoms with Crippen LogP contribution in [0.2, 0.25) is 0 Å². The molecule has 1 aromatic rings. The van der Waals surface area contributed by atoms with Crippen LogP contribution < -0.4 is 10.6 Å². The largest absolute Gasteiger partial charge is 0.391 e. The summed E-state index contributed by atoms with van der Waals surface area (Å²) in [5.41, 5.74) is -0.442. The number of carbonyl (C=O) groups is 3. The lowest BCUT2D eigenvalue weighted by atomic mass is 10.0. The molecule has 0 spiro atoms. The number of nitrogens with zero attached hydrogens (tertiary/aromatic N) is 1. The van der Waals surface area contributed by atoms with Gasteiger partial charge < -0.3 is 20.6 Å². The van der Waals surface area contributed by atoms with Gasteiger partial charge in [0, 0.05) is 12.6 Å². The molecule has 0 aliphatic carbocycles. The predicted octanol–water partition coefficient (Wildman–Crippen LogP) is -0.457. The zero-order valence-corrected chi connectivity index (χ0v) is 13.3. The molecule has 3 rings (SSSR count). The first-order valence-electron chi connectivity index (χ1n) is 7.82. The van der Waals surface area contributed by atoms with Crippen LogP contribution in [0.5, 0.6) is 0 Å². The van der Waals surface area contributed by atoms with Crippen LogP contribution in [-0.2, 0) is 9.59 Å². The van der Waals surface area contributed by atoms with Gasteiger partial charge in [0.15, 0.2) is 0 Å². The lowest BCUT2D eigenvalue weighted by Gasteiger charge is -2.35. The van der Waals surface area contributed by atoms with Crippen molar-refractivity contribution in [2.45, 2.75) is 37.6 Å². The van der Waals surface area contributed by atoms with E-state index in [9.17, 15) is 28.3 Å². The molecule has 9 heteroatoms. The van der Waals surface area contributed by atoms with Crippen molar-refractivity contribution in [3.63, 3.8) is 0 Å². The summed E-state index contributed by atoms with van der Waals surface area (Å²) in [6.07, 6.45) is -0.889. The Labute approximate surface area is 142 Å². The van der Waals surface area contributed by atoms with E-state index in [2.05, 4.69) is 10.6 Å². The highest BCUT2D eigenvalue weighted by atomic mass is 19.1. The summed E-state index contributed by atoms with van der Waals surface area (Å²) in [4.78, 5) is 37.9. The first-order chi connectivity index (χ1) is 11.8. The van der Waals surface area contributed by atoms with Crippen LogP contribution in [0.25, 0.3) is 0 Å². The van der Waals surface area contributed by atoms with Gasteiger partial charge in [0.1, 0.15) is 23.7 Å². The Hall–Kier alpha value is -2.55. The number of carbonyl (C=O) groups excluding carboxylic acids is 3. The molecule has 0 aromatic heterocycles. The molecular formula is C16H17F2N3O4. The predicted molar refractivity (Wildman–Crippen MR) is 81.3 cm³/mol. The normalized spacial score (nSPS) is 26.9. The van der Waals surface area contributed by atoms with Crippen LogP contribution in [0.15, 0.2) is 18.2 Å². The van der Waals surface area contributed by atoms with Crippen molar-refractivity contribution >= 4 is 17.7 Å². The van der Waals surface area contributed by atoms with E-state index in [4.69, 9.17) is 0 Å². The highest BCUT2D eigenvalue weighted by Crippen LogP contribution is 2.24. The molecule has 25 heavy (non-hydrogen) atoms. The van der Waals surface area contributed by atoms with Crippen molar-refractivity contribution in [3.05, 3.63) is 35.4 Å². The van der Waals surface area contributed by atoms with E-state index in [0.29, 0.717) is 0 Å². The number of aliphatic hydroxyl groups is 1. The van der Waals surface area contributed by atoms with Crippen molar-refractivity contribution in [2.24, 2.45) is 0 Å². The summed E-state index contributed by atoms with van der Waals surface area (Å²) in [6.45, 7) is 1.45. The molecule has 0 unspecified atom stereocenters. The van der Waals surface area contributed by atoms with Crippen LogP contribution in [0.4, 0.5) is 8.78 Å². The average Bonchev–Trinajstić information content (AvgIpc) is 2.97. The topological polar surface area (TPSA) is 98.7 Å². The number of hydrogen-bond acceptors (Lipinski definition) is 4. The van der Waals surface area contributed by atoms with Crippen molar-refractivity contribution < 1.29 is 28.3 Å². The lowest BCUT2D eigenvalue weighted by Crippen LogP contribution is -2.64. The van der Waals surface area contributed by atoms with E-state index in [1.54, 1.807) is 0 Å². The Balaban J connectivity index is 1.72. The minimum Gasteiger partial charge on any atom is -0.391 e. The second-order valence-corrected chi connectivity index (χ2v) is 6.26. The van der Waals surface area contributed by atoms with Gasteiger partial charge in [-0.05, 0) is 31.5 Å². The number of fused-ring (bicyclic) bond motifs is 1. The van der Waals surface area contributed by atoms with Gasteiger partial charge in [-0.25, -0.2) is 8.78 Å². The number of piperazine rings is 1. The van der Waals surface area contributed by atoms with E-state index in [1.165, 1.54) is 11.8 Å². The summed E-state index contributed by atoms with van der Waals surface area (Å²) in [5.74, 6) is -3.28. The van der Waals surface area contributed by atoms with E-state index in [0.717, 1.165) is 18.2 Å². The number of amides is 3. The number of rotatable bonds is 3. The van der Waals surface area contributed by atoms with Gasteiger partial charge in [0.25, 0.3) is 5.91 Å². The molecule has 3 N–H and O–H groups in total. The third-order valence-corrected chi connectivity index (χ3v) is 4.44. The Morgan fingerprint density at radius 2 is 2.12 bits per heavy atom. The summed E-state index contributed by atoms with van der Waals surface area (Å²) in [7, 11) is 0. The minimum absolute atomic E-state index is 0.0583. The van der Waals surface area contributed by atoms with Crippen LogP contribution in [0.3, 0.4) is 0 Å². The van der Waals surface area contributed by atoms with E-state index in [-0.39, 0.29) is 13.0 Å². The third kappa shape index (κ3) is 3.19. The first-order valence-corrected chi connectivity index (χ1v) is 7.82. The van der Waals surface area contributed by atoms with Gasteiger partial charge in [0.05, 0.1) is 11.7 Å². The zero-order valence-electron chi connectivity index (χ0n) is 13.3. The highest BCUT2D eigenvalue weighted by Gasteiger charge is 2.47. The fraction of sp³-hybridized carbons (Fsp3) is 0.438. The SMILES string of the molecule is C[C@H](O)[C@H]1NC(=O)[C@@H]2C[C@H](NC(=O)c3cc(F)ccc3F)CN2C1=O. The van der Waals surface area contributed by atoms with Crippen molar-refractivity contribution in [3.8, 4) is 0 Å². The molecule has 2 saturated heterocycles. The van der Waals surface area contributed by atoms with Crippen LogP contribution in [0, 0.1) is 11.6 Å². The molecule has 7 nitrogen and oxygen atoms in total. The smallest absolute Gasteiger partial charge is 0.254 e. The number of halogens is 2. The Morgan fingerprint density at radius 1 is 1.40 bits per heavy atom. The van der Waals surface area contributed by atoms with Crippen LogP contribution in [-0.4, -0.2) is 58.5 Å². The summed E-state index contributed by atoms with van der Waals surface area (Å²) in [6, 6.07) is 0.175. The summed E-state index contributed by atoms with van der Waals surface area (Å²) in [5, 5.41) is 14.6. The van der Waals surface area contributed by atoms with Gasteiger partial charge in [0.2, 0.25) is 11.8 Å². The van der Waals surface area contributed by atoms with Gasteiger partial charge >= 0.3 is 0 Å². The maximum atomic E-state index is 13.7. The fourth-order valence-electron chi connectivity index (χ4n) is 3.18. The Kier molecular flexibility index (Phi) is 4.42. The van der Waals surface area contributed by atoms with E-state index in [1.807, 2.05) is 0 Å². The molecule has 4 atom stereocenters. The van der Waals surface area contributed by atoms with Crippen LogP contribution >= 0.6 is 0 Å². The van der Waals surface area contributed by atoms with E-state index < -0.39 is 59.1 Å². The average molecular weight is 353 g/mol. The van der Waals surface area contributed by atoms with E-state index >= 15 is 0 Å².